The molecule has 1 aromatic heterocycles. The number of aromatic nitrogens is 2. The van der Waals surface area contributed by atoms with Crippen molar-refractivity contribution < 1.29 is 9.47 Å². The van der Waals surface area contributed by atoms with Crippen LogP contribution in [0.1, 0.15) is 13.8 Å². The van der Waals surface area contributed by atoms with Crippen molar-refractivity contribution in [1.29, 1.82) is 0 Å². The second-order valence-corrected chi connectivity index (χ2v) is 5.91. The van der Waals surface area contributed by atoms with Gasteiger partial charge in [-0.05, 0) is 56.3 Å². The average Bonchev–Trinajstić information content (AvgIpc) is 2.64. The molecule has 0 aliphatic heterocycles. The monoisotopic (exact) mass is 350 g/mol. The quantitative estimate of drug-likeness (QED) is 0.640. The Morgan fingerprint density at radius 3 is 2.42 bits per heavy atom. The molecule has 6 heteroatoms. The summed E-state index contributed by atoms with van der Waals surface area (Å²) in [7, 11) is 1.64. The standard InChI is InChI=1S/C20H22N4O2/c1-14(2)26-18-7-5-4-6-17(18)23-20-21-13-12-19(24-20)22-15-8-10-16(25-3)11-9-15/h4-14H,1-3H3,(H2,21,22,23,24). The van der Waals surface area contributed by atoms with Crippen LogP contribution in [0.4, 0.5) is 23.1 Å². The first kappa shape index (κ1) is 17.5. The molecule has 1 heterocycles. The lowest BCUT2D eigenvalue weighted by atomic mass is 10.3. The minimum Gasteiger partial charge on any atom is -0.497 e. The van der Waals surface area contributed by atoms with Crippen LogP contribution in [0.15, 0.2) is 60.8 Å². The molecule has 0 amide bonds. The van der Waals surface area contributed by atoms with Gasteiger partial charge in [0.2, 0.25) is 5.95 Å². The van der Waals surface area contributed by atoms with Crippen LogP contribution in [0, 0.1) is 0 Å². The normalized spacial score (nSPS) is 10.5. The highest BCUT2D eigenvalue weighted by molar-refractivity contribution is 5.64. The van der Waals surface area contributed by atoms with Crippen LogP contribution < -0.4 is 20.1 Å². The highest BCUT2D eigenvalue weighted by Gasteiger charge is 2.07. The molecule has 0 spiro atoms. The number of anilines is 4. The summed E-state index contributed by atoms with van der Waals surface area (Å²) in [5, 5.41) is 6.47. The minimum atomic E-state index is 0.0851. The maximum atomic E-state index is 5.82. The molecule has 3 rings (SSSR count). The summed E-state index contributed by atoms with van der Waals surface area (Å²) >= 11 is 0. The Bertz CT molecular complexity index is 850. The van der Waals surface area contributed by atoms with E-state index in [0.29, 0.717) is 11.8 Å². The Labute approximate surface area is 153 Å². The fraction of sp³-hybridized carbons (Fsp3) is 0.200. The number of hydrogen-bond donors (Lipinski definition) is 2. The van der Waals surface area contributed by atoms with E-state index in [4.69, 9.17) is 9.47 Å². The number of nitrogens with one attached hydrogen (secondary N) is 2. The van der Waals surface area contributed by atoms with Crippen molar-refractivity contribution in [3.63, 3.8) is 0 Å². The Balaban J connectivity index is 1.75. The maximum Gasteiger partial charge on any atom is 0.229 e. The molecule has 2 N–H and O–H groups in total. The summed E-state index contributed by atoms with van der Waals surface area (Å²) < 4.78 is 11.0. The third-order valence-electron chi connectivity index (χ3n) is 3.51. The minimum absolute atomic E-state index is 0.0851. The maximum absolute atomic E-state index is 5.82. The molecule has 0 saturated heterocycles. The van der Waals surface area contributed by atoms with Crippen LogP contribution in [-0.4, -0.2) is 23.2 Å². The van der Waals surface area contributed by atoms with Crippen LogP contribution in [0.5, 0.6) is 11.5 Å². The number of nitrogens with zero attached hydrogens (tertiary/aromatic N) is 2. The van der Waals surface area contributed by atoms with E-state index in [1.165, 1.54) is 0 Å². The zero-order valence-corrected chi connectivity index (χ0v) is 15.1. The number of benzene rings is 2. The third kappa shape index (κ3) is 4.63. The van der Waals surface area contributed by atoms with E-state index < -0.39 is 0 Å². The lowest BCUT2D eigenvalue weighted by Gasteiger charge is -2.15. The first-order valence-electron chi connectivity index (χ1n) is 8.41. The lowest BCUT2D eigenvalue weighted by Crippen LogP contribution is -2.08. The van der Waals surface area contributed by atoms with Crippen molar-refractivity contribution in [3.05, 3.63) is 60.8 Å². The number of para-hydroxylation sites is 2. The summed E-state index contributed by atoms with van der Waals surface area (Å²) in [4.78, 5) is 8.79. The van der Waals surface area contributed by atoms with Gasteiger partial charge in [0, 0.05) is 11.9 Å². The smallest absolute Gasteiger partial charge is 0.229 e. The Morgan fingerprint density at radius 1 is 0.923 bits per heavy atom. The predicted molar refractivity (Wildman–Crippen MR) is 104 cm³/mol. The molecule has 0 fully saturated rings. The largest absolute Gasteiger partial charge is 0.497 e. The Hall–Kier alpha value is -3.28. The van der Waals surface area contributed by atoms with Gasteiger partial charge in [-0.1, -0.05) is 12.1 Å². The first-order chi connectivity index (χ1) is 12.6. The molecule has 2 aromatic carbocycles. The highest BCUT2D eigenvalue weighted by Crippen LogP contribution is 2.27. The van der Waals surface area contributed by atoms with Crippen molar-refractivity contribution in [2.75, 3.05) is 17.7 Å². The van der Waals surface area contributed by atoms with Gasteiger partial charge < -0.3 is 20.1 Å². The van der Waals surface area contributed by atoms with Crippen LogP contribution in [-0.2, 0) is 0 Å². The summed E-state index contributed by atoms with van der Waals surface area (Å²) in [6, 6.07) is 17.2. The van der Waals surface area contributed by atoms with Gasteiger partial charge in [0.15, 0.2) is 0 Å². The van der Waals surface area contributed by atoms with Gasteiger partial charge >= 0.3 is 0 Å². The molecule has 0 saturated carbocycles. The second kappa shape index (κ2) is 8.20. The molecule has 0 aliphatic rings. The molecule has 134 valence electrons. The van der Waals surface area contributed by atoms with E-state index in [2.05, 4.69) is 20.6 Å². The van der Waals surface area contributed by atoms with E-state index in [1.807, 2.05) is 68.4 Å². The van der Waals surface area contributed by atoms with Crippen molar-refractivity contribution in [2.24, 2.45) is 0 Å². The number of ether oxygens (including phenoxy) is 2. The predicted octanol–water partition coefficient (Wildman–Crippen LogP) is 4.76. The van der Waals surface area contributed by atoms with Crippen molar-refractivity contribution in [1.82, 2.24) is 9.97 Å². The van der Waals surface area contributed by atoms with E-state index >= 15 is 0 Å². The molecule has 0 aliphatic carbocycles. The zero-order chi connectivity index (χ0) is 18.4. The Morgan fingerprint density at radius 2 is 1.69 bits per heavy atom. The number of hydrogen-bond acceptors (Lipinski definition) is 6. The van der Waals surface area contributed by atoms with Crippen LogP contribution in [0.2, 0.25) is 0 Å². The molecule has 26 heavy (non-hydrogen) atoms. The molecule has 0 bridgehead atoms. The van der Waals surface area contributed by atoms with Gasteiger partial charge in [-0.3, -0.25) is 0 Å². The molecular weight excluding hydrogens is 328 g/mol. The SMILES string of the molecule is COc1ccc(Nc2ccnc(Nc3ccccc3OC(C)C)n2)cc1. The Kier molecular flexibility index (Phi) is 5.53. The van der Waals surface area contributed by atoms with Gasteiger partial charge in [0.25, 0.3) is 0 Å². The number of rotatable bonds is 7. The van der Waals surface area contributed by atoms with Gasteiger partial charge in [0.05, 0.1) is 18.9 Å². The van der Waals surface area contributed by atoms with Crippen LogP contribution in [0.3, 0.4) is 0 Å². The molecule has 0 radical (unpaired) electrons. The molecule has 0 atom stereocenters. The summed E-state index contributed by atoms with van der Waals surface area (Å²) in [5.74, 6) is 2.75. The lowest BCUT2D eigenvalue weighted by molar-refractivity contribution is 0.244. The van der Waals surface area contributed by atoms with E-state index in [0.717, 1.165) is 22.9 Å². The van der Waals surface area contributed by atoms with Gasteiger partial charge in [0.1, 0.15) is 17.3 Å². The van der Waals surface area contributed by atoms with Gasteiger partial charge in [-0.15, -0.1) is 0 Å². The average molecular weight is 350 g/mol. The summed E-state index contributed by atoms with van der Waals surface area (Å²) in [6.45, 7) is 3.99. The molecule has 0 unspecified atom stereocenters. The fourth-order valence-electron chi connectivity index (χ4n) is 2.36. The van der Waals surface area contributed by atoms with Crippen molar-refractivity contribution in [2.45, 2.75) is 20.0 Å². The van der Waals surface area contributed by atoms with Crippen LogP contribution in [0.25, 0.3) is 0 Å². The van der Waals surface area contributed by atoms with Gasteiger partial charge in [-0.25, -0.2) is 4.98 Å². The second-order valence-electron chi connectivity index (χ2n) is 5.91. The molecule has 6 nitrogen and oxygen atoms in total. The fourth-order valence-corrected chi connectivity index (χ4v) is 2.36. The molecular formula is C20H22N4O2. The summed E-state index contributed by atoms with van der Waals surface area (Å²) in [6.07, 6.45) is 1.79. The van der Waals surface area contributed by atoms with E-state index in [1.54, 1.807) is 13.3 Å². The third-order valence-corrected chi connectivity index (χ3v) is 3.51. The first-order valence-corrected chi connectivity index (χ1v) is 8.41. The van der Waals surface area contributed by atoms with E-state index in [9.17, 15) is 0 Å². The van der Waals surface area contributed by atoms with E-state index in [-0.39, 0.29) is 6.10 Å². The topological polar surface area (TPSA) is 68.3 Å². The van der Waals surface area contributed by atoms with Crippen molar-refractivity contribution in [3.8, 4) is 11.5 Å². The van der Waals surface area contributed by atoms with Crippen LogP contribution >= 0.6 is 0 Å². The van der Waals surface area contributed by atoms with Crippen molar-refractivity contribution >= 4 is 23.1 Å². The van der Waals surface area contributed by atoms with Gasteiger partial charge in [-0.2, -0.15) is 4.98 Å². The molecule has 3 aromatic rings. The summed E-state index contributed by atoms with van der Waals surface area (Å²) in [5.41, 5.74) is 1.74. The zero-order valence-electron chi connectivity index (χ0n) is 15.1. The number of methoxy groups -OCH3 is 1. The highest BCUT2D eigenvalue weighted by atomic mass is 16.5.